The van der Waals surface area contributed by atoms with Gasteiger partial charge in [-0.3, -0.25) is 0 Å². The summed E-state index contributed by atoms with van der Waals surface area (Å²) in [5.41, 5.74) is 3.20. The first-order chi connectivity index (χ1) is 14.5. The molecule has 0 aliphatic heterocycles. The van der Waals surface area contributed by atoms with Crippen LogP contribution in [0.15, 0.2) is 69.6 Å². The number of rotatable bonds is 7. The second-order valence-electron chi connectivity index (χ2n) is 6.35. The molecule has 0 atom stereocenters. The zero-order chi connectivity index (χ0) is 21.5. The predicted molar refractivity (Wildman–Crippen MR) is 129 cm³/mol. The third-order valence-corrected chi connectivity index (χ3v) is 5.58. The van der Waals surface area contributed by atoms with Crippen LogP contribution in [0.2, 0.25) is 5.02 Å². The summed E-state index contributed by atoms with van der Waals surface area (Å²) >= 11 is 13.0. The number of benzene rings is 3. The van der Waals surface area contributed by atoms with Crippen molar-refractivity contribution in [3.63, 3.8) is 0 Å². The summed E-state index contributed by atoms with van der Waals surface area (Å²) in [5.74, 6) is 1.24. The summed E-state index contributed by atoms with van der Waals surface area (Å²) < 4.78 is 13.6. The van der Waals surface area contributed by atoms with Crippen molar-refractivity contribution in [2.75, 3.05) is 6.61 Å². The molecule has 6 heteroatoms. The number of hydrogen-bond acceptors (Lipinski definition) is 3. The van der Waals surface area contributed by atoms with E-state index in [-0.39, 0.29) is 0 Å². The third-order valence-electron chi connectivity index (χ3n) is 4.21. The average molecular weight is 548 g/mol. The highest BCUT2D eigenvalue weighted by molar-refractivity contribution is 9.10. The normalized spacial score (nSPS) is 11.1. The Kier molecular flexibility index (Phi) is 7.98. The number of hydrogen-bond donors (Lipinski definition) is 0. The molecule has 3 aromatic rings. The lowest BCUT2D eigenvalue weighted by atomic mass is 10.0. The molecule has 0 saturated heterocycles. The minimum atomic E-state index is 0.412. The Morgan fingerprint density at radius 3 is 2.37 bits per heavy atom. The maximum atomic E-state index is 9.61. The Balaban J connectivity index is 1.90. The number of nitriles is 1. The lowest BCUT2D eigenvalue weighted by molar-refractivity contribution is 0.267. The second-order valence-corrected chi connectivity index (χ2v) is 8.56. The van der Waals surface area contributed by atoms with Crippen molar-refractivity contribution in [1.82, 2.24) is 0 Å². The Morgan fingerprint density at radius 2 is 1.73 bits per heavy atom. The predicted octanol–water partition coefficient (Wildman–Crippen LogP) is 7.91. The average Bonchev–Trinajstić information content (AvgIpc) is 2.73. The Labute approximate surface area is 198 Å². The van der Waals surface area contributed by atoms with Crippen LogP contribution in [0.5, 0.6) is 11.5 Å². The van der Waals surface area contributed by atoms with Gasteiger partial charge in [-0.1, -0.05) is 51.8 Å². The molecule has 152 valence electrons. The highest BCUT2D eigenvalue weighted by Gasteiger charge is 2.13. The van der Waals surface area contributed by atoms with E-state index in [1.807, 2.05) is 61.5 Å². The van der Waals surface area contributed by atoms with Crippen LogP contribution in [0.3, 0.4) is 0 Å². The summed E-state index contributed by atoms with van der Waals surface area (Å²) in [6, 6.07) is 21.2. The van der Waals surface area contributed by atoms with Gasteiger partial charge in [-0.25, -0.2) is 0 Å². The van der Waals surface area contributed by atoms with Gasteiger partial charge in [0.15, 0.2) is 11.5 Å². The maximum Gasteiger partial charge on any atom is 0.175 e. The van der Waals surface area contributed by atoms with E-state index >= 15 is 0 Å². The van der Waals surface area contributed by atoms with Gasteiger partial charge in [0, 0.05) is 9.50 Å². The van der Waals surface area contributed by atoms with Gasteiger partial charge >= 0.3 is 0 Å². The van der Waals surface area contributed by atoms with Crippen LogP contribution in [0, 0.1) is 11.3 Å². The zero-order valence-electron chi connectivity index (χ0n) is 16.2. The van der Waals surface area contributed by atoms with Gasteiger partial charge in [-0.15, -0.1) is 0 Å². The third kappa shape index (κ3) is 5.89. The fraction of sp³-hybridized carbons (Fsp3) is 0.125. The van der Waals surface area contributed by atoms with E-state index in [1.165, 1.54) is 0 Å². The van der Waals surface area contributed by atoms with Gasteiger partial charge in [0.25, 0.3) is 0 Å². The van der Waals surface area contributed by atoms with Crippen LogP contribution in [0.1, 0.15) is 23.6 Å². The second kappa shape index (κ2) is 10.7. The molecule has 0 aliphatic rings. The highest BCUT2D eigenvalue weighted by Crippen LogP contribution is 2.38. The van der Waals surface area contributed by atoms with Crippen LogP contribution >= 0.6 is 43.5 Å². The van der Waals surface area contributed by atoms with Crippen LogP contribution in [-0.4, -0.2) is 6.61 Å². The molecule has 0 bridgehead atoms. The molecule has 0 unspecified atom stereocenters. The molecule has 3 nitrogen and oxygen atoms in total. The quantitative estimate of drug-likeness (QED) is 0.223. The van der Waals surface area contributed by atoms with Gasteiger partial charge in [-0.05, 0) is 82.0 Å². The fourth-order valence-electron chi connectivity index (χ4n) is 2.79. The molecule has 0 fully saturated rings. The number of ether oxygens (including phenoxy) is 2. The van der Waals surface area contributed by atoms with Crippen molar-refractivity contribution in [2.45, 2.75) is 13.5 Å². The summed E-state index contributed by atoms with van der Waals surface area (Å²) in [4.78, 5) is 0. The molecule has 0 amide bonds. The van der Waals surface area contributed by atoms with Gasteiger partial charge in [0.05, 0.1) is 22.7 Å². The molecular weight excluding hydrogens is 530 g/mol. The Hall–Kier alpha value is -2.26. The van der Waals surface area contributed by atoms with Crippen LogP contribution in [0.4, 0.5) is 0 Å². The van der Waals surface area contributed by atoms with E-state index in [2.05, 4.69) is 37.9 Å². The summed E-state index contributed by atoms with van der Waals surface area (Å²) in [6.45, 7) is 2.83. The summed E-state index contributed by atoms with van der Waals surface area (Å²) in [5, 5.41) is 10.2. The van der Waals surface area contributed by atoms with Crippen molar-refractivity contribution >= 4 is 55.1 Å². The lowest BCUT2D eigenvalue weighted by Crippen LogP contribution is -2.01. The monoisotopic (exact) mass is 545 g/mol. The molecule has 3 aromatic carbocycles. The van der Waals surface area contributed by atoms with Gasteiger partial charge in [0.2, 0.25) is 0 Å². The van der Waals surface area contributed by atoms with Crippen LogP contribution in [0.25, 0.3) is 11.6 Å². The lowest BCUT2D eigenvalue weighted by Gasteiger charge is -2.15. The molecular formula is C24H18Br2ClNO2. The first kappa shape index (κ1) is 22.4. The van der Waals surface area contributed by atoms with E-state index < -0.39 is 0 Å². The number of allylic oxidation sites excluding steroid dienone is 1. The Morgan fingerprint density at radius 1 is 1.03 bits per heavy atom. The fourth-order valence-corrected chi connectivity index (χ4v) is 3.75. The largest absolute Gasteiger partial charge is 0.490 e. The molecule has 0 aromatic heterocycles. The van der Waals surface area contributed by atoms with Gasteiger partial charge in [0.1, 0.15) is 6.61 Å². The topological polar surface area (TPSA) is 42.2 Å². The van der Waals surface area contributed by atoms with Crippen molar-refractivity contribution in [1.29, 1.82) is 5.26 Å². The molecule has 0 radical (unpaired) electrons. The molecule has 0 N–H and O–H groups in total. The molecule has 0 heterocycles. The standard InChI is InChI=1S/C24H18Br2ClNO2/c1-2-29-23-13-17(11-19(14-28)18-5-9-21(27)10-6-18)12-22(26)24(23)30-15-16-3-7-20(25)8-4-16/h3-13H,2,15H2,1H3/b19-11-. The van der Waals surface area contributed by atoms with Gasteiger partial charge < -0.3 is 9.47 Å². The van der Waals surface area contributed by atoms with E-state index in [0.29, 0.717) is 35.3 Å². The maximum absolute atomic E-state index is 9.61. The van der Waals surface area contributed by atoms with Gasteiger partial charge in [-0.2, -0.15) is 5.26 Å². The van der Waals surface area contributed by atoms with Crippen molar-refractivity contribution < 1.29 is 9.47 Å². The molecule has 0 spiro atoms. The van der Waals surface area contributed by atoms with Crippen molar-refractivity contribution in [3.05, 3.63) is 91.3 Å². The highest BCUT2D eigenvalue weighted by atomic mass is 79.9. The zero-order valence-corrected chi connectivity index (χ0v) is 20.1. The first-order valence-electron chi connectivity index (χ1n) is 9.21. The first-order valence-corrected chi connectivity index (χ1v) is 11.2. The van der Waals surface area contributed by atoms with E-state index in [9.17, 15) is 5.26 Å². The summed E-state index contributed by atoms with van der Waals surface area (Å²) in [7, 11) is 0. The molecule has 0 aliphatic carbocycles. The minimum absolute atomic E-state index is 0.412. The molecule has 3 rings (SSSR count). The molecule has 0 saturated carbocycles. The van der Waals surface area contributed by atoms with E-state index in [0.717, 1.165) is 25.6 Å². The Bertz CT molecular complexity index is 1090. The number of halogens is 3. The van der Waals surface area contributed by atoms with Crippen LogP contribution in [-0.2, 0) is 6.61 Å². The van der Waals surface area contributed by atoms with E-state index in [1.54, 1.807) is 12.1 Å². The minimum Gasteiger partial charge on any atom is -0.490 e. The van der Waals surface area contributed by atoms with Crippen LogP contribution < -0.4 is 9.47 Å². The van der Waals surface area contributed by atoms with E-state index in [4.69, 9.17) is 21.1 Å². The SMILES string of the molecule is CCOc1cc(/C=C(/C#N)c2ccc(Cl)cc2)cc(Br)c1OCc1ccc(Br)cc1. The smallest absolute Gasteiger partial charge is 0.175 e. The number of nitrogens with zero attached hydrogens (tertiary/aromatic N) is 1. The van der Waals surface area contributed by atoms with Crippen molar-refractivity contribution in [2.24, 2.45) is 0 Å². The molecule has 30 heavy (non-hydrogen) atoms. The van der Waals surface area contributed by atoms with Crippen molar-refractivity contribution in [3.8, 4) is 17.6 Å². The summed E-state index contributed by atoms with van der Waals surface area (Å²) in [6.07, 6.45) is 1.81.